The van der Waals surface area contributed by atoms with Crippen LogP contribution < -0.4 is 0 Å². The monoisotopic (exact) mass is 530 g/mol. The van der Waals surface area contributed by atoms with Gasteiger partial charge in [0.05, 0.1) is 9.79 Å². The van der Waals surface area contributed by atoms with Gasteiger partial charge < -0.3 is 0 Å². The Morgan fingerprint density at radius 1 is 0.583 bits per heavy atom. The van der Waals surface area contributed by atoms with Gasteiger partial charge in [0, 0.05) is 37.3 Å². The first-order valence-corrected chi connectivity index (χ1v) is 15.6. The van der Waals surface area contributed by atoms with Gasteiger partial charge in [-0.3, -0.25) is 4.79 Å². The minimum atomic E-state index is -3.74. The number of sulfonamides is 2. The van der Waals surface area contributed by atoms with Crippen LogP contribution in [0.4, 0.5) is 0 Å². The third kappa shape index (κ3) is 4.34. The number of hydrogen-bond donors (Lipinski definition) is 0. The van der Waals surface area contributed by atoms with Crippen LogP contribution in [0.25, 0.3) is 11.1 Å². The highest BCUT2D eigenvalue weighted by Gasteiger charge is 2.36. The van der Waals surface area contributed by atoms with Crippen LogP contribution in [0, 0.1) is 23.7 Å². The van der Waals surface area contributed by atoms with Crippen LogP contribution in [0.1, 0.15) is 56.5 Å². The molecule has 0 unspecified atom stereocenters. The quantitative estimate of drug-likeness (QED) is 0.503. The van der Waals surface area contributed by atoms with Gasteiger partial charge in [-0.25, -0.2) is 16.8 Å². The van der Waals surface area contributed by atoms with Crippen LogP contribution in [-0.4, -0.2) is 57.4 Å². The number of carbonyl (C=O) groups excluding carboxylic acids is 1. The number of nitrogens with zero attached hydrogens (tertiary/aromatic N) is 2. The van der Waals surface area contributed by atoms with E-state index >= 15 is 0 Å². The Labute approximate surface area is 214 Å². The van der Waals surface area contributed by atoms with E-state index in [2.05, 4.69) is 27.7 Å². The maximum Gasteiger partial charge on any atom is 0.243 e. The van der Waals surface area contributed by atoms with Gasteiger partial charge in [0.25, 0.3) is 0 Å². The highest BCUT2D eigenvalue weighted by molar-refractivity contribution is 7.89. The summed E-state index contributed by atoms with van der Waals surface area (Å²) in [5.74, 6) is 0.755. The zero-order valence-electron chi connectivity index (χ0n) is 21.3. The summed E-state index contributed by atoms with van der Waals surface area (Å²) in [6, 6.07) is 9.37. The molecule has 0 aromatic heterocycles. The van der Waals surface area contributed by atoms with Gasteiger partial charge in [-0.05, 0) is 71.9 Å². The second-order valence-electron chi connectivity index (χ2n) is 11.3. The van der Waals surface area contributed by atoms with Crippen molar-refractivity contribution in [1.82, 2.24) is 8.61 Å². The van der Waals surface area contributed by atoms with Crippen molar-refractivity contribution in [2.75, 3.05) is 26.2 Å². The summed E-state index contributed by atoms with van der Waals surface area (Å²) in [6.07, 6.45) is 1.98. The van der Waals surface area contributed by atoms with Crippen LogP contribution in [0.2, 0.25) is 0 Å². The van der Waals surface area contributed by atoms with Crippen molar-refractivity contribution in [2.24, 2.45) is 23.7 Å². The SMILES string of the molecule is C[C@@H]1C[C@@H](C)CN(S(=O)(=O)c2ccc3c(c2)C(=O)c2cc(S(=O)(=O)N4C[C@H](C)C[C@H](C)C4)ccc2-3)C1. The van der Waals surface area contributed by atoms with E-state index in [9.17, 15) is 21.6 Å². The Kier molecular flexibility index (Phi) is 6.42. The zero-order chi connectivity index (χ0) is 26.0. The molecule has 0 saturated carbocycles. The molecule has 2 aromatic rings. The van der Waals surface area contributed by atoms with Gasteiger partial charge in [0.1, 0.15) is 0 Å². The summed E-state index contributed by atoms with van der Waals surface area (Å²) >= 11 is 0. The highest BCUT2D eigenvalue weighted by Crippen LogP contribution is 2.40. The van der Waals surface area contributed by atoms with E-state index in [0.29, 0.717) is 48.4 Å². The second kappa shape index (κ2) is 9.04. The molecule has 3 aliphatic rings. The summed E-state index contributed by atoms with van der Waals surface area (Å²) in [7, 11) is -7.48. The molecule has 0 radical (unpaired) electrons. The van der Waals surface area contributed by atoms with Gasteiger partial charge >= 0.3 is 0 Å². The lowest BCUT2D eigenvalue weighted by Crippen LogP contribution is -2.42. The van der Waals surface area contributed by atoms with Crippen molar-refractivity contribution in [3.8, 4) is 11.1 Å². The van der Waals surface area contributed by atoms with Crippen LogP contribution in [-0.2, 0) is 20.0 Å². The van der Waals surface area contributed by atoms with E-state index < -0.39 is 20.0 Å². The molecule has 9 heteroatoms. The topological polar surface area (TPSA) is 91.8 Å². The van der Waals surface area contributed by atoms with Crippen LogP contribution in [0.3, 0.4) is 0 Å². The number of hydrogen-bond acceptors (Lipinski definition) is 5. The molecule has 5 rings (SSSR count). The fourth-order valence-corrected chi connectivity index (χ4v) is 9.67. The molecule has 7 nitrogen and oxygen atoms in total. The third-order valence-electron chi connectivity index (χ3n) is 7.71. The summed E-state index contributed by atoms with van der Waals surface area (Å²) < 4.78 is 56.6. The number of carbonyl (C=O) groups is 1. The highest BCUT2D eigenvalue weighted by atomic mass is 32.2. The Balaban J connectivity index is 1.47. The van der Waals surface area contributed by atoms with E-state index in [1.54, 1.807) is 24.3 Å². The molecule has 1 aliphatic carbocycles. The summed E-state index contributed by atoms with van der Waals surface area (Å²) in [5.41, 5.74) is 1.88. The standard InChI is InChI=1S/C27H34N2O5S2/c1-17-9-18(2)14-28(13-17)35(31,32)21-5-7-23-24-8-6-22(12-26(24)27(30)25(23)11-21)36(33,34)29-15-19(3)10-20(4)16-29/h5-8,11-12,17-20H,9-10,13-16H2,1-4H3/t17-,18-,19-,20+/m1/s1. The lowest BCUT2D eigenvalue weighted by molar-refractivity contribution is 0.104. The molecule has 2 aliphatic heterocycles. The van der Waals surface area contributed by atoms with Crippen molar-refractivity contribution in [3.63, 3.8) is 0 Å². The molecule has 2 fully saturated rings. The summed E-state index contributed by atoms with van der Waals surface area (Å²) in [6.45, 7) is 10.1. The number of benzene rings is 2. The maximum atomic E-state index is 13.4. The van der Waals surface area contributed by atoms with Crippen molar-refractivity contribution < 1.29 is 21.6 Å². The molecule has 194 valence electrons. The molecule has 2 heterocycles. The van der Waals surface area contributed by atoms with Gasteiger partial charge in [-0.15, -0.1) is 0 Å². The predicted octanol–water partition coefficient (Wildman–Crippen LogP) is 4.23. The van der Waals surface area contributed by atoms with Gasteiger partial charge in [-0.1, -0.05) is 39.8 Å². The predicted molar refractivity (Wildman–Crippen MR) is 139 cm³/mol. The van der Waals surface area contributed by atoms with E-state index in [4.69, 9.17) is 0 Å². The zero-order valence-corrected chi connectivity index (χ0v) is 22.9. The van der Waals surface area contributed by atoms with Gasteiger partial charge in [0.2, 0.25) is 20.0 Å². The third-order valence-corrected chi connectivity index (χ3v) is 11.4. The number of rotatable bonds is 4. The first-order chi connectivity index (χ1) is 16.9. The molecule has 4 atom stereocenters. The number of piperidine rings is 2. The first-order valence-electron chi connectivity index (χ1n) is 12.7. The van der Waals surface area contributed by atoms with E-state index in [1.165, 1.54) is 20.7 Å². The average Bonchev–Trinajstić information content (AvgIpc) is 3.09. The largest absolute Gasteiger partial charge is 0.289 e. The minimum absolute atomic E-state index is 0.104. The summed E-state index contributed by atoms with van der Waals surface area (Å²) in [5, 5.41) is 0. The van der Waals surface area contributed by atoms with Crippen LogP contribution >= 0.6 is 0 Å². The normalized spacial score (nSPS) is 27.6. The first kappa shape index (κ1) is 25.6. The van der Waals surface area contributed by atoms with E-state index in [0.717, 1.165) is 12.8 Å². The molecule has 36 heavy (non-hydrogen) atoms. The van der Waals surface area contributed by atoms with Crippen LogP contribution in [0.15, 0.2) is 46.2 Å². The lowest BCUT2D eigenvalue weighted by atomic mass is 9.94. The molecule has 2 saturated heterocycles. The van der Waals surface area contributed by atoms with Crippen LogP contribution in [0.5, 0.6) is 0 Å². The van der Waals surface area contributed by atoms with E-state index in [1.807, 2.05) is 0 Å². The Morgan fingerprint density at radius 2 is 0.917 bits per heavy atom. The Morgan fingerprint density at radius 3 is 1.25 bits per heavy atom. The average molecular weight is 531 g/mol. The van der Waals surface area contributed by atoms with Crippen molar-refractivity contribution in [2.45, 2.75) is 50.3 Å². The molecule has 0 amide bonds. The second-order valence-corrected chi connectivity index (χ2v) is 15.2. The van der Waals surface area contributed by atoms with Crippen molar-refractivity contribution >= 4 is 25.8 Å². The van der Waals surface area contributed by atoms with Gasteiger partial charge in [-0.2, -0.15) is 8.61 Å². The fraction of sp³-hybridized carbons (Fsp3) is 0.519. The van der Waals surface area contributed by atoms with Crippen molar-refractivity contribution in [3.05, 3.63) is 47.5 Å². The molecular formula is C27H34N2O5S2. The molecule has 2 aromatic carbocycles. The number of fused-ring (bicyclic) bond motifs is 3. The molecule has 0 spiro atoms. The minimum Gasteiger partial charge on any atom is -0.289 e. The fourth-order valence-electron chi connectivity index (χ4n) is 6.26. The maximum absolute atomic E-state index is 13.4. The number of ketones is 1. The Bertz CT molecular complexity index is 1310. The lowest BCUT2D eigenvalue weighted by Gasteiger charge is -2.34. The molecule has 0 N–H and O–H groups in total. The molecule has 0 bridgehead atoms. The smallest absolute Gasteiger partial charge is 0.243 e. The summed E-state index contributed by atoms with van der Waals surface area (Å²) in [4.78, 5) is 13.6. The van der Waals surface area contributed by atoms with E-state index in [-0.39, 0.29) is 39.2 Å². The molecular weight excluding hydrogens is 496 g/mol. The Hall–Kier alpha value is -2.07. The van der Waals surface area contributed by atoms with Gasteiger partial charge in [0.15, 0.2) is 5.78 Å². The van der Waals surface area contributed by atoms with Crippen molar-refractivity contribution in [1.29, 1.82) is 0 Å².